The van der Waals surface area contributed by atoms with Gasteiger partial charge in [0.05, 0.1) is 0 Å². The van der Waals surface area contributed by atoms with Gasteiger partial charge in [0.2, 0.25) is 0 Å². The first-order chi connectivity index (χ1) is 6.81. The molecule has 0 radical (unpaired) electrons. The Morgan fingerprint density at radius 1 is 1.14 bits per heavy atom. The van der Waals surface area contributed by atoms with E-state index >= 15 is 0 Å². The van der Waals surface area contributed by atoms with Crippen LogP contribution in [0.1, 0.15) is 5.56 Å². The summed E-state index contributed by atoms with van der Waals surface area (Å²) in [5.41, 5.74) is 6.79. The Morgan fingerprint density at radius 3 is 2.71 bits per heavy atom. The molecule has 0 atom stereocenters. The Bertz CT molecular complexity index is 451. The van der Waals surface area contributed by atoms with Crippen LogP contribution in [0.4, 0.5) is 0 Å². The van der Waals surface area contributed by atoms with Crippen molar-refractivity contribution in [3.63, 3.8) is 0 Å². The Balaban J connectivity index is 2.67. The third kappa shape index (κ3) is 1.74. The lowest BCUT2D eigenvalue weighted by atomic mass is 10.0. The first kappa shape index (κ1) is 9.50. The smallest absolute Gasteiger partial charge is 0.0415 e. The molecular formula is C12H12ClN. The van der Waals surface area contributed by atoms with E-state index in [9.17, 15) is 0 Å². The molecule has 0 fully saturated rings. The topological polar surface area (TPSA) is 26.0 Å². The Kier molecular flexibility index (Phi) is 2.71. The second-order valence-corrected chi connectivity index (χ2v) is 3.76. The Hall–Kier alpha value is -1.05. The van der Waals surface area contributed by atoms with Crippen LogP contribution in [0.2, 0.25) is 5.02 Å². The van der Waals surface area contributed by atoms with E-state index in [1.165, 1.54) is 16.3 Å². The maximum Gasteiger partial charge on any atom is 0.0415 e. The lowest BCUT2D eigenvalue weighted by molar-refractivity contribution is 0.977. The van der Waals surface area contributed by atoms with E-state index in [2.05, 4.69) is 12.1 Å². The maximum atomic E-state index is 6.02. The zero-order valence-electron chi connectivity index (χ0n) is 7.83. The van der Waals surface area contributed by atoms with Gasteiger partial charge in [-0.2, -0.15) is 0 Å². The fourth-order valence-corrected chi connectivity index (χ4v) is 1.96. The molecule has 2 rings (SSSR count). The highest BCUT2D eigenvalue weighted by Gasteiger charge is 2.01. The highest BCUT2D eigenvalue weighted by atomic mass is 35.5. The van der Waals surface area contributed by atoms with Gasteiger partial charge >= 0.3 is 0 Å². The van der Waals surface area contributed by atoms with Crippen LogP contribution in [0.3, 0.4) is 0 Å². The molecule has 2 N–H and O–H groups in total. The average Bonchev–Trinajstić information content (AvgIpc) is 2.18. The minimum Gasteiger partial charge on any atom is -0.330 e. The Morgan fingerprint density at radius 2 is 1.93 bits per heavy atom. The SMILES string of the molecule is NCCc1cc(Cl)cc2ccccc12. The van der Waals surface area contributed by atoms with Crippen molar-refractivity contribution >= 4 is 22.4 Å². The molecule has 0 aliphatic heterocycles. The number of rotatable bonds is 2. The first-order valence-corrected chi connectivity index (χ1v) is 5.06. The summed E-state index contributed by atoms with van der Waals surface area (Å²) in [6.45, 7) is 0.657. The molecule has 72 valence electrons. The zero-order valence-corrected chi connectivity index (χ0v) is 8.59. The highest BCUT2D eigenvalue weighted by Crippen LogP contribution is 2.23. The molecule has 0 spiro atoms. The normalized spacial score (nSPS) is 10.7. The third-order valence-electron chi connectivity index (χ3n) is 2.33. The quantitative estimate of drug-likeness (QED) is 0.802. The van der Waals surface area contributed by atoms with Crippen LogP contribution in [-0.4, -0.2) is 6.54 Å². The number of benzene rings is 2. The van der Waals surface area contributed by atoms with E-state index in [0.29, 0.717) is 6.54 Å². The summed E-state index contributed by atoms with van der Waals surface area (Å²) in [4.78, 5) is 0. The number of fused-ring (bicyclic) bond motifs is 1. The van der Waals surface area contributed by atoms with Crippen LogP contribution in [0, 0.1) is 0 Å². The summed E-state index contributed by atoms with van der Waals surface area (Å²) < 4.78 is 0. The molecule has 0 aromatic heterocycles. The molecule has 0 amide bonds. The van der Waals surface area contributed by atoms with Gasteiger partial charge in [0.15, 0.2) is 0 Å². The average molecular weight is 206 g/mol. The number of nitrogens with two attached hydrogens (primary N) is 1. The molecule has 2 aromatic carbocycles. The van der Waals surface area contributed by atoms with E-state index < -0.39 is 0 Å². The highest BCUT2D eigenvalue weighted by molar-refractivity contribution is 6.31. The van der Waals surface area contributed by atoms with Gasteiger partial charge in [-0.05, 0) is 41.4 Å². The number of hydrogen-bond acceptors (Lipinski definition) is 1. The number of hydrogen-bond donors (Lipinski definition) is 1. The van der Waals surface area contributed by atoms with E-state index in [4.69, 9.17) is 17.3 Å². The van der Waals surface area contributed by atoms with E-state index in [-0.39, 0.29) is 0 Å². The van der Waals surface area contributed by atoms with Crippen molar-refractivity contribution in [2.45, 2.75) is 6.42 Å². The molecule has 2 heteroatoms. The molecule has 1 nitrogen and oxygen atoms in total. The monoisotopic (exact) mass is 205 g/mol. The van der Waals surface area contributed by atoms with Gasteiger partial charge in [-0.1, -0.05) is 35.9 Å². The van der Waals surface area contributed by atoms with Gasteiger partial charge in [-0.15, -0.1) is 0 Å². The molecule has 0 aliphatic carbocycles. The van der Waals surface area contributed by atoms with Gasteiger partial charge < -0.3 is 5.73 Å². The van der Waals surface area contributed by atoms with Gasteiger partial charge in [0.25, 0.3) is 0 Å². The fourth-order valence-electron chi connectivity index (χ4n) is 1.71. The molecule has 0 saturated carbocycles. The first-order valence-electron chi connectivity index (χ1n) is 4.68. The fraction of sp³-hybridized carbons (Fsp3) is 0.167. The minimum atomic E-state index is 0.657. The van der Waals surface area contributed by atoms with E-state index in [1.807, 2.05) is 24.3 Å². The molecular weight excluding hydrogens is 194 g/mol. The van der Waals surface area contributed by atoms with Crippen molar-refractivity contribution in [3.8, 4) is 0 Å². The Labute approximate surface area is 88.5 Å². The second kappa shape index (κ2) is 3.99. The van der Waals surface area contributed by atoms with Crippen molar-refractivity contribution in [1.82, 2.24) is 0 Å². The van der Waals surface area contributed by atoms with E-state index in [0.717, 1.165) is 11.4 Å². The molecule has 14 heavy (non-hydrogen) atoms. The van der Waals surface area contributed by atoms with Gasteiger partial charge in [0.1, 0.15) is 0 Å². The summed E-state index contributed by atoms with van der Waals surface area (Å²) in [5, 5.41) is 3.22. The molecule has 0 bridgehead atoms. The molecule has 0 aliphatic rings. The molecule has 0 unspecified atom stereocenters. The van der Waals surface area contributed by atoms with Crippen LogP contribution >= 0.6 is 11.6 Å². The van der Waals surface area contributed by atoms with Gasteiger partial charge in [0, 0.05) is 5.02 Å². The van der Waals surface area contributed by atoms with Crippen molar-refractivity contribution < 1.29 is 0 Å². The molecule has 0 saturated heterocycles. The lowest BCUT2D eigenvalue weighted by Crippen LogP contribution is -2.03. The summed E-state index contributed by atoms with van der Waals surface area (Å²) in [7, 11) is 0. The molecule has 0 heterocycles. The standard InChI is InChI=1S/C12H12ClN/c13-11-7-9-3-1-2-4-12(9)10(8-11)5-6-14/h1-4,7-8H,5-6,14H2. The molecule has 2 aromatic rings. The van der Waals surface area contributed by atoms with Gasteiger partial charge in [-0.3, -0.25) is 0 Å². The third-order valence-corrected chi connectivity index (χ3v) is 2.54. The van der Waals surface area contributed by atoms with Crippen LogP contribution in [0.5, 0.6) is 0 Å². The lowest BCUT2D eigenvalue weighted by Gasteiger charge is -2.05. The second-order valence-electron chi connectivity index (χ2n) is 3.32. The maximum absolute atomic E-state index is 6.02. The predicted molar refractivity (Wildman–Crippen MR) is 61.7 cm³/mol. The van der Waals surface area contributed by atoms with Crippen molar-refractivity contribution in [2.24, 2.45) is 5.73 Å². The summed E-state index contributed by atoms with van der Waals surface area (Å²) in [6.07, 6.45) is 0.876. The van der Waals surface area contributed by atoms with Gasteiger partial charge in [-0.25, -0.2) is 0 Å². The van der Waals surface area contributed by atoms with Crippen molar-refractivity contribution in [1.29, 1.82) is 0 Å². The van der Waals surface area contributed by atoms with E-state index in [1.54, 1.807) is 0 Å². The van der Waals surface area contributed by atoms with Crippen LogP contribution in [-0.2, 0) is 6.42 Å². The zero-order chi connectivity index (χ0) is 9.97. The minimum absolute atomic E-state index is 0.657. The van der Waals surface area contributed by atoms with Crippen molar-refractivity contribution in [2.75, 3.05) is 6.54 Å². The predicted octanol–water partition coefficient (Wildman–Crippen LogP) is 2.99. The van der Waals surface area contributed by atoms with Crippen LogP contribution in [0.15, 0.2) is 36.4 Å². The van der Waals surface area contributed by atoms with Crippen LogP contribution < -0.4 is 5.73 Å². The largest absolute Gasteiger partial charge is 0.330 e. The summed E-state index contributed by atoms with van der Waals surface area (Å²) in [5.74, 6) is 0. The van der Waals surface area contributed by atoms with Crippen LogP contribution in [0.25, 0.3) is 10.8 Å². The van der Waals surface area contributed by atoms with Crippen molar-refractivity contribution in [3.05, 3.63) is 47.0 Å². The number of halogens is 1. The summed E-state index contributed by atoms with van der Waals surface area (Å²) >= 11 is 6.02. The summed E-state index contributed by atoms with van der Waals surface area (Å²) in [6, 6.07) is 12.2.